The predicted molar refractivity (Wildman–Crippen MR) is 56.7 cm³/mol. The van der Waals surface area contributed by atoms with E-state index < -0.39 is 0 Å². The van der Waals surface area contributed by atoms with E-state index in [1.54, 1.807) is 17.0 Å². The summed E-state index contributed by atoms with van der Waals surface area (Å²) in [5.74, 6) is 0. The van der Waals surface area contributed by atoms with E-state index >= 15 is 0 Å². The Bertz CT molecular complexity index is 348. The number of rotatable bonds is 4. The molecule has 78 valence electrons. The van der Waals surface area contributed by atoms with Crippen LogP contribution in [0.3, 0.4) is 0 Å². The Labute approximate surface area is 88.1 Å². The van der Waals surface area contributed by atoms with Gasteiger partial charge in [0.25, 0.3) is 5.56 Å². The molecule has 4 nitrogen and oxygen atoms in total. The summed E-state index contributed by atoms with van der Waals surface area (Å²) in [7, 11) is 4.00. The molecule has 5 heteroatoms. The van der Waals surface area contributed by atoms with Crippen LogP contribution in [0.25, 0.3) is 0 Å². The number of hydrogen-bond acceptors (Lipinski definition) is 3. The molecule has 0 fully saturated rings. The topological polar surface area (TPSA) is 38.1 Å². The van der Waals surface area contributed by atoms with E-state index in [1.165, 1.54) is 0 Å². The van der Waals surface area contributed by atoms with Gasteiger partial charge < -0.3 is 9.47 Å². The van der Waals surface area contributed by atoms with Crippen molar-refractivity contribution in [2.45, 2.75) is 13.0 Å². The van der Waals surface area contributed by atoms with Crippen molar-refractivity contribution in [1.29, 1.82) is 0 Å². The van der Waals surface area contributed by atoms with Gasteiger partial charge in [0.1, 0.15) is 0 Å². The summed E-state index contributed by atoms with van der Waals surface area (Å²) in [5, 5.41) is 0.0392. The molecular weight excluding hydrogens is 202 g/mol. The van der Waals surface area contributed by atoms with Gasteiger partial charge in [-0.1, -0.05) is 11.6 Å². The molecule has 1 aromatic heterocycles. The van der Waals surface area contributed by atoms with Crippen LogP contribution in [0, 0.1) is 0 Å². The maximum absolute atomic E-state index is 11.4. The highest BCUT2D eigenvalue weighted by Crippen LogP contribution is 1.95. The molecule has 1 aromatic rings. The van der Waals surface area contributed by atoms with Crippen LogP contribution in [0.4, 0.5) is 0 Å². The lowest BCUT2D eigenvalue weighted by Gasteiger charge is -2.10. The van der Waals surface area contributed by atoms with E-state index in [4.69, 9.17) is 11.6 Å². The first-order valence-electron chi connectivity index (χ1n) is 4.47. The maximum Gasteiger partial charge on any atom is 0.288 e. The molecule has 0 saturated carbocycles. The van der Waals surface area contributed by atoms with Gasteiger partial charge in [-0.15, -0.1) is 0 Å². The minimum absolute atomic E-state index is 0.0392. The lowest BCUT2D eigenvalue weighted by molar-refractivity contribution is 0.384. The average Bonchev–Trinajstić information content (AvgIpc) is 2.12. The second kappa shape index (κ2) is 5.12. The number of aryl methyl sites for hydroxylation is 1. The van der Waals surface area contributed by atoms with Gasteiger partial charge in [-0.2, -0.15) is 0 Å². The van der Waals surface area contributed by atoms with Crippen molar-refractivity contribution >= 4 is 11.6 Å². The summed E-state index contributed by atoms with van der Waals surface area (Å²) in [6.07, 6.45) is 4.12. The van der Waals surface area contributed by atoms with Crippen LogP contribution in [-0.2, 0) is 6.54 Å². The Morgan fingerprint density at radius 1 is 1.57 bits per heavy atom. The van der Waals surface area contributed by atoms with Gasteiger partial charge in [-0.05, 0) is 27.1 Å². The van der Waals surface area contributed by atoms with Crippen LogP contribution >= 0.6 is 11.6 Å². The van der Waals surface area contributed by atoms with Crippen molar-refractivity contribution in [2.24, 2.45) is 0 Å². The lowest BCUT2D eigenvalue weighted by Crippen LogP contribution is -2.23. The fourth-order valence-corrected chi connectivity index (χ4v) is 1.32. The first-order valence-corrected chi connectivity index (χ1v) is 4.84. The van der Waals surface area contributed by atoms with Gasteiger partial charge in [0.2, 0.25) is 0 Å². The van der Waals surface area contributed by atoms with E-state index in [0.717, 1.165) is 13.0 Å². The summed E-state index contributed by atoms with van der Waals surface area (Å²) in [4.78, 5) is 17.2. The summed E-state index contributed by atoms with van der Waals surface area (Å²) in [6, 6.07) is 0. The van der Waals surface area contributed by atoms with Crippen LogP contribution < -0.4 is 5.56 Å². The van der Waals surface area contributed by atoms with Gasteiger partial charge in [0, 0.05) is 18.9 Å². The van der Waals surface area contributed by atoms with Crippen molar-refractivity contribution in [3.8, 4) is 0 Å². The standard InChI is InChI=1S/C9H14ClN3O/c1-12(2)5-3-6-13-7-4-11-8(10)9(13)14/h4,7H,3,5-6H2,1-2H3. The fourth-order valence-electron chi connectivity index (χ4n) is 1.15. The van der Waals surface area contributed by atoms with Crippen LogP contribution in [-0.4, -0.2) is 35.1 Å². The molecule has 0 atom stereocenters. The van der Waals surface area contributed by atoms with Gasteiger partial charge >= 0.3 is 0 Å². The van der Waals surface area contributed by atoms with Crippen LogP contribution in [0.2, 0.25) is 5.15 Å². The van der Waals surface area contributed by atoms with E-state index in [-0.39, 0.29) is 10.7 Å². The summed E-state index contributed by atoms with van der Waals surface area (Å²) in [6.45, 7) is 1.63. The monoisotopic (exact) mass is 215 g/mol. The quantitative estimate of drug-likeness (QED) is 0.748. The third kappa shape index (κ3) is 3.12. The molecule has 0 radical (unpaired) electrons. The van der Waals surface area contributed by atoms with Crippen molar-refractivity contribution in [1.82, 2.24) is 14.5 Å². The number of halogens is 1. The Hall–Kier alpha value is -0.870. The molecule has 0 N–H and O–H groups in total. The molecule has 0 unspecified atom stereocenters. The van der Waals surface area contributed by atoms with Crippen LogP contribution in [0.1, 0.15) is 6.42 Å². The normalized spacial score (nSPS) is 10.9. The highest BCUT2D eigenvalue weighted by atomic mass is 35.5. The van der Waals surface area contributed by atoms with Crippen molar-refractivity contribution in [3.05, 3.63) is 27.9 Å². The molecule has 0 saturated heterocycles. The molecule has 0 aliphatic heterocycles. The Morgan fingerprint density at radius 2 is 2.29 bits per heavy atom. The zero-order valence-corrected chi connectivity index (χ0v) is 9.16. The summed E-state index contributed by atoms with van der Waals surface area (Å²) < 4.78 is 1.58. The van der Waals surface area contributed by atoms with E-state index in [0.29, 0.717) is 6.54 Å². The molecule has 0 aromatic carbocycles. The third-order valence-electron chi connectivity index (χ3n) is 1.88. The second-order valence-electron chi connectivity index (χ2n) is 3.37. The van der Waals surface area contributed by atoms with Crippen LogP contribution in [0.5, 0.6) is 0 Å². The lowest BCUT2D eigenvalue weighted by atomic mass is 10.4. The maximum atomic E-state index is 11.4. The minimum Gasteiger partial charge on any atom is -0.311 e. The smallest absolute Gasteiger partial charge is 0.288 e. The summed E-state index contributed by atoms with van der Waals surface area (Å²) >= 11 is 5.60. The van der Waals surface area contributed by atoms with Crippen molar-refractivity contribution in [3.63, 3.8) is 0 Å². The van der Waals surface area contributed by atoms with Crippen molar-refractivity contribution < 1.29 is 0 Å². The zero-order valence-electron chi connectivity index (χ0n) is 8.40. The van der Waals surface area contributed by atoms with E-state index in [9.17, 15) is 4.79 Å². The SMILES string of the molecule is CN(C)CCCn1ccnc(Cl)c1=O. The van der Waals surface area contributed by atoms with Gasteiger partial charge in [0.15, 0.2) is 5.15 Å². The largest absolute Gasteiger partial charge is 0.311 e. The number of aromatic nitrogens is 2. The molecule has 0 aliphatic carbocycles. The average molecular weight is 216 g/mol. The minimum atomic E-state index is -0.215. The highest BCUT2D eigenvalue weighted by molar-refractivity contribution is 6.29. The van der Waals surface area contributed by atoms with Crippen LogP contribution in [0.15, 0.2) is 17.2 Å². The number of nitrogens with zero attached hydrogens (tertiary/aromatic N) is 3. The third-order valence-corrected chi connectivity index (χ3v) is 2.14. The van der Waals surface area contributed by atoms with E-state index in [1.807, 2.05) is 14.1 Å². The highest BCUT2D eigenvalue weighted by Gasteiger charge is 2.00. The zero-order chi connectivity index (χ0) is 10.6. The Morgan fingerprint density at radius 3 is 2.93 bits per heavy atom. The first-order chi connectivity index (χ1) is 6.61. The Kier molecular flexibility index (Phi) is 4.10. The molecule has 1 rings (SSSR count). The number of hydrogen-bond donors (Lipinski definition) is 0. The molecule has 14 heavy (non-hydrogen) atoms. The molecular formula is C9H14ClN3O. The molecule has 0 aliphatic rings. The second-order valence-corrected chi connectivity index (χ2v) is 3.73. The molecule has 0 bridgehead atoms. The Balaban J connectivity index is 2.59. The van der Waals surface area contributed by atoms with Gasteiger partial charge in [0.05, 0.1) is 0 Å². The van der Waals surface area contributed by atoms with Crippen molar-refractivity contribution in [2.75, 3.05) is 20.6 Å². The predicted octanol–water partition coefficient (Wildman–Crippen LogP) is 0.848. The fraction of sp³-hybridized carbons (Fsp3) is 0.556. The van der Waals surface area contributed by atoms with Gasteiger partial charge in [-0.3, -0.25) is 4.79 Å². The van der Waals surface area contributed by atoms with E-state index in [2.05, 4.69) is 9.88 Å². The first kappa shape index (κ1) is 11.2. The molecule has 0 spiro atoms. The van der Waals surface area contributed by atoms with Gasteiger partial charge in [-0.25, -0.2) is 4.98 Å². The molecule has 0 amide bonds. The molecule has 1 heterocycles. The summed E-state index contributed by atoms with van der Waals surface area (Å²) in [5.41, 5.74) is -0.215.